The molecule has 13 heavy (non-hydrogen) atoms. The predicted octanol–water partition coefficient (Wildman–Crippen LogP) is 0.792. The van der Waals surface area contributed by atoms with Crippen LogP contribution in [-0.4, -0.2) is 44.2 Å². The van der Waals surface area contributed by atoms with E-state index in [1.54, 1.807) is 0 Å². The third kappa shape index (κ3) is 8.81. The first-order valence-corrected chi connectivity index (χ1v) is 3.93. The van der Waals surface area contributed by atoms with Crippen LogP contribution in [0.2, 0.25) is 0 Å². The molecule has 0 N–H and O–H groups in total. The van der Waals surface area contributed by atoms with Gasteiger partial charge in [0, 0.05) is 11.5 Å². The average molecular weight is 186 g/mol. The second kappa shape index (κ2) is 7.54. The first kappa shape index (κ1) is 11.9. The molecule has 0 aromatic rings. The van der Waals surface area contributed by atoms with Gasteiger partial charge in [-0.25, -0.2) is 0 Å². The van der Waals surface area contributed by atoms with Crippen molar-refractivity contribution in [3.63, 3.8) is 0 Å². The van der Waals surface area contributed by atoms with Crippen LogP contribution in [0.4, 0.5) is 0 Å². The zero-order valence-corrected chi connectivity index (χ0v) is 7.93. The fourth-order valence-electron chi connectivity index (χ4n) is 0.811. The molecule has 0 radical (unpaired) electrons. The Labute approximate surface area is 77.1 Å². The van der Waals surface area contributed by atoms with Gasteiger partial charge in [0.2, 0.25) is 0 Å². The summed E-state index contributed by atoms with van der Waals surface area (Å²) in [6, 6.07) is 0. The Bertz CT molecular complexity index is 201. The lowest BCUT2D eigenvalue weighted by molar-refractivity contribution is -0.117. The van der Waals surface area contributed by atoms with E-state index >= 15 is 0 Å². The number of nitrogens with zero attached hydrogens (tertiary/aromatic N) is 4. The second-order valence-electron chi connectivity index (χ2n) is 2.71. The minimum absolute atomic E-state index is 0.0460. The maximum Gasteiger partial charge on any atom is 0.143 e. The molecule has 0 fully saturated rings. The molecule has 0 spiro atoms. The van der Waals surface area contributed by atoms with Gasteiger partial charge >= 0.3 is 0 Å². The van der Waals surface area contributed by atoms with Gasteiger partial charge in [0.25, 0.3) is 0 Å². The minimum Gasteiger partial charge on any atom is -0.374 e. The number of ketones is 1. The van der Waals surface area contributed by atoms with Crippen molar-refractivity contribution >= 4 is 5.78 Å². The Morgan fingerprint density at radius 3 is 2.92 bits per heavy atom. The normalized spacial score (nSPS) is 9.77. The standard InChI is InChI=1S/C7H14N4O2/c1-7(12)5-11(2)3-4-13-6-9-10-8/h3-6H2,1-2H3. The van der Waals surface area contributed by atoms with Crippen LogP contribution in [0.3, 0.4) is 0 Å². The quantitative estimate of drug-likeness (QED) is 0.255. The van der Waals surface area contributed by atoms with Crippen molar-refractivity contribution in [1.82, 2.24) is 4.90 Å². The lowest BCUT2D eigenvalue weighted by Crippen LogP contribution is -2.28. The predicted molar refractivity (Wildman–Crippen MR) is 48.1 cm³/mol. The molecule has 6 nitrogen and oxygen atoms in total. The van der Waals surface area contributed by atoms with E-state index in [2.05, 4.69) is 10.0 Å². The molecule has 0 bridgehead atoms. The van der Waals surface area contributed by atoms with Gasteiger partial charge in [-0.3, -0.25) is 9.69 Å². The molecule has 0 unspecified atom stereocenters. The number of Topliss-reactive ketones (excluding diaryl/α,β-unsaturated/α-hetero) is 1. The lowest BCUT2D eigenvalue weighted by Gasteiger charge is -2.13. The molecule has 0 aromatic heterocycles. The number of rotatable bonds is 7. The highest BCUT2D eigenvalue weighted by Gasteiger charge is 2.00. The van der Waals surface area contributed by atoms with Crippen LogP contribution in [0.5, 0.6) is 0 Å². The lowest BCUT2D eigenvalue weighted by atomic mass is 10.4. The zero-order valence-electron chi connectivity index (χ0n) is 7.93. The molecule has 0 saturated heterocycles. The van der Waals surface area contributed by atoms with Gasteiger partial charge in [-0.15, -0.1) is 0 Å². The molecule has 0 rings (SSSR count). The molecule has 6 heteroatoms. The topological polar surface area (TPSA) is 78.3 Å². The SMILES string of the molecule is CC(=O)CN(C)CCOCN=[N+]=[N-]. The van der Waals surface area contributed by atoms with Crippen LogP contribution in [0.1, 0.15) is 6.92 Å². The van der Waals surface area contributed by atoms with Crippen molar-refractivity contribution in [3.05, 3.63) is 10.4 Å². The average Bonchev–Trinajstić information content (AvgIpc) is 2.02. The molecular formula is C7H14N4O2. The minimum atomic E-state index is 0.0460. The smallest absolute Gasteiger partial charge is 0.143 e. The van der Waals surface area contributed by atoms with Gasteiger partial charge in [-0.1, -0.05) is 5.11 Å². The summed E-state index contributed by atoms with van der Waals surface area (Å²) >= 11 is 0. The number of carbonyl (C=O) groups excluding carboxylic acids is 1. The van der Waals surface area contributed by atoms with Crippen molar-refractivity contribution in [3.8, 4) is 0 Å². The summed E-state index contributed by atoms with van der Waals surface area (Å²) in [6.07, 6.45) is 0. The fourth-order valence-corrected chi connectivity index (χ4v) is 0.811. The van der Waals surface area contributed by atoms with Crippen LogP contribution in [0.25, 0.3) is 10.4 Å². The molecular weight excluding hydrogens is 172 g/mol. The monoisotopic (exact) mass is 186 g/mol. The van der Waals surface area contributed by atoms with Gasteiger partial charge < -0.3 is 4.74 Å². The third-order valence-electron chi connectivity index (χ3n) is 1.32. The Kier molecular flexibility index (Phi) is 6.91. The molecule has 74 valence electrons. The van der Waals surface area contributed by atoms with E-state index < -0.39 is 0 Å². The second-order valence-corrected chi connectivity index (χ2v) is 2.71. The third-order valence-corrected chi connectivity index (χ3v) is 1.32. The Morgan fingerprint density at radius 2 is 2.38 bits per heavy atom. The number of hydrogen-bond donors (Lipinski definition) is 0. The maximum absolute atomic E-state index is 10.6. The van der Waals surface area contributed by atoms with Gasteiger partial charge in [-0.05, 0) is 19.5 Å². The van der Waals surface area contributed by atoms with E-state index in [9.17, 15) is 4.79 Å². The first-order chi connectivity index (χ1) is 6.16. The molecule has 0 heterocycles. The van der Waals surface area contributed by atoms with Crippen LogP contribution in [-0.2, 0) is 9.53 Å². The highest BCUT2D eigenvalue weighted by molar-refractivity contribution is 5.77. The van der Waals surface area contributed by atoms with Crippen LogP contribution >= 0.6 is 0 Å². The number of likely N-dealkylation sites (N-methyl/N-ethyl adjacent to an activating group) is 1. The van der Waals surface area contributed by atoms with E-state index in [0.29, 0.717) is 19.7 Å². The van der Waals surface area contributed by atoms with E-state index in [4.69, 9.17) is 10.3 Å². The largest absolute Gasteiger partial charge is 0.374 e. The van der Waals surface area contributed by atoms with Gasteiger partial charge in [0.1, 0.15) is 12.5 Å². The molecule has 0 saturated carbocycles. The van der Waals surface area contributed by atoms with Gasteiger partial charge in [-0.2, -0.15) is 0 Å². The number of hydrogen-bond acceptors (Lipinski definition) is 4. The molecule has 0 aliphatic rings. The molecule has 0 amide bonds. The van der Waals surface area contributed by atoms with Crippen molar-refractivity contribution in [1.29, 1.82) is 0 Å². The Morgan fingerprint density at radius 1 is 1.69 bits per heavy atom. The molecule has 0 aliphatic heterocycles. The van der Waals surface area contributed by atoms with Crippen molar-refractivity contribution in [2.45, 2.75) is 6.92 Å². The summed E-state index contributed by atoms with van der Waals surface area (Å²) in [4.78, 5) is 15.0. The van der Waals surface area contributed by atoms with Crippen molar-refractivity contribution < 1.29 is 9.53 Å². The molecule has 0 atom stereocenters. The summed E-state index contributed by atoms with van der Waals surface area (Å²) in [7, 11) is 1.83. The van der Waals surface area contributed by atoms with Gasteiger partial charge in [0.05, 0.1) is 13.2 Å². The number of carbonyl (C=O) groups is 1. The van der Waals surface area contributed by atoms with E-state index in [0.717, 1.165) is 0 Å². The van der Waals surface area contributed by atoms with E-state index in [1.807, 2.05) is 11.9 Å². The van der Waals surface area contributed by atoms with Crippen LogP contribution < -0.4 is 0 Å². The van der Waals surface area contributed by atoms with E-state index in [1.165, 1.54) is 6.92 Å². The highest BCUT2D eigenvalue weighted by atomic mass is 16.5. The maximum atomic E-state index is 10.6. The number of azide groups is 1. The van der Waals surface area contributed by atoms with Crippen LogP contribution in [0.15, 0.2) is 5.11 Å². The summed E-state index contributed by atoms with van der Waals surface area (Å²) in [5.41, 5.74) is 7.92. The molecule has 0 aliphatic carbocycles. The van der Waals surface area contributed by atoms with Crippen molar-refractivity contribution in [2.75, 3.05) is 33.5 Å². The molecule has 0 aromatic carbocycles. The zero-order chi connectivity index (χ0) is 10.1. The number of ether oxygens (including phenoxy) is 1. The van der Waals surface area contributed by atoms with Gasteiger partial charge in [0.15, 0.2) is 0 Å². The fraction of sp³-hybridized carbons (Fsp3) is 0.857. The summed E-state index contributed by atoms with van der Waals surface area (Å²) < 4.78 is 4.95. The van der Waals surface area contributed by atoms with E-state index in [-0.39, 0.29) is 12.5 Å². The summed E-state index contributed by atoms with van der Waals surface area (Å²) in [5.74, 6) is 0.123. The Hall–Kier alpha value is -1.10. The summed E-state index contributed by atoms with van der Waals surface area (Å²) in [5, 5.41) is 3.20. The highest BCUT2D eigenvalue weighted by Crippen LogP contribution is 1.84. The summed E-state index contributed by atoms with van der Waals surface area (Å²) in [6.45, 7) is 3.12. The van der Waals surface area contributed by atoms with Crippen molar-refractivity contribution in [2.24, 2.45) is 5.11 Å². The Balaban J connectivity index is 3.31. The van der Waals surface area contributed by atoms with Crippen LogP contribution in [0, 0.1) is 0 Å². The first-order valence-electron chi connectivity index (χ1n) is 3.93.